The molecule has 0 fully saturated rings. The highest BCUT2D eigenvalue weighted by Crippen LogP contribution is 2.28. The van der Waals surface area contributed by atoms with E-state index in [0.717, 1.165) is 12.2 Å². The quantitative estimate of drug-likeness (QED) is 0.417. The zero-order valence-corrected chi connectivity index (χ0v) is 11.9. The Morgan fingerprint density at radius 3 is 2.29 bits per heavy atom. The van der Waals surface area contributed by atoms with E-state index in [9.17, 15) is 9.59 Å². The highest BCUT2D eigenvalue weighted by Gasteiger charge is 2.21. The molecule has 0 aromatic carbocycles. The summed E-state index contributed by atoms with van der Waals surface area (Å²) in [4.78, 5) is 22.4. The molecular weight excluding hydrogens is 272 g/mol. The lowest BCUT2D eigenvalue weighted by molar-refractivity contribution is -0.144. The Morgan fingerprint density at radius 1 is 1.14 bits per heavy atom. The van der Waals surface area contributed by atoms with Crippen molar-refractivity contribution in [2.24, 2.45) is 0 Å². The Kier molecular flexibility index (Phi) is 6.20. The summed E-state index contributed by atoms with van der Waals surface area (Å²) in [6, 6.07) is 3.33. The average Bonchev–Trinajstić information content (AvgIpc) is 2.96. The van der Waals surface area contributed by atoms with E-state index >= 15 is 0 Å². The van der Waals surface area contributed by atoms with E-state index in [0.29, 0.717) is 17.9 Å². The van der Waals surface area contributed by atoms with Crippen molar-refractivity contribution in [3.05, 3.63) is 61.6 Å². The van der Waals surface area contributed by atoms with E-state index in [1.54, 1.807) is 25.1 Å². The maximum Gasteiger partial charge on any atom is 0.330 e. The van der Waals surface area contributed by atoms with Crippen molar-refractivity contribution in [1.29, 1.82) is 0 Å². The third-order valence-electron chi connectivity index (χ3n) is 2.63. The number of hydrogen-bond donors (Lipinski definition) is 0. The van der Waals surface area contributed by atoms with Gasteiger partial charge in [0.1, 0.15) is 11.5 Å². The molecule has 0 aliphatic carbocycles. The van der Waals surface area contributed by atoms with Gasteiger partial charge in [-0.1, -0.05) is 19.2 Å². The number of carbonyl (C=O) groups is 2. The van der Waals surface area contributed by atoms with Gasteiger partial charge in [0.15, 0.2) is 12.2 Å². The maximum atomic E-state index is 11.3. The molecule has 5 heteroatoms. The number of hydrogen-bond acceptors (Lipinski definition) is 5. The van der Waals surface area contributed by atoms with Crippen LogP contribution in [0.2, 0.25) is 0 Å². The first kappa shape index (κ1) is 16.5. The first-order valence-electron chi connectivity index (χ1n) is 6.38. The van der Waals surface area contributed by atoms with Crippen molar-refractivity contribution in [1.82, 2.24) is 0 Å². The molecule has 2 unspecified atom stereocenters. The van der Waals surface area contributed by atoms with Gasteiger partial charge in [0.2, 0.25) is 0 Å². The molecule has 1 aromatic rings. The standard InChI is InChI=1S/C16H18O5/c1-5-8-13(21-16(18)7-3)14-10-9-12(20-14)11(4)19-15(17)6-2/h5-7,9-11,13H,1-3,8H2,4H3. The summed E-state index contributed by atoms with van der Waals surface area (Å²) < 4.78 is 15.8. The van der Waals surface area contributed by atoms with Gasteiger partial charge in [-0.25, -0.2) is 9.59 Å². The fourth-order valence-electron chi connectivity index (χ4n) is 1.60. The minimum atomic E-state index is -0.593. The predicted octanol–water partition coefficient (Wildman–Crippen LogP) is 3.42. The summed E-state index contributed by atoms with van der Waals surface area (Å²) in [5.41, 5.74) is 0. The summed E-state index contributed by atoms with van der Waals surface area (Å²) in [7, 11) is 0. The molecule has 0 spiro atoms. The van der Waals surface area contributed by atoms with Crippen LogP contribution in [0.5, 0.6) is 0 Å². The molecule has 0 saturated heterocycles. The van der Waals surface area contributed by atoms with Gasteiger partial charge < -0.3 is 13.9 Å². The van der Waals surface area contributed by atoms with E-state index in [4.69, 9.17) is 13.9 Å². The lowest BCUT2D eigenvalue weighted by Gasteiger charge is -2.13. The molecular formula is C16H18O5. The van der Waals surface area contributed by atoms with Crippen LogP contribution < -0.4 is 0 Å². The van der Waals surface area contributed by atoms with E-state index < -0.39 is 24.1 Å². The molecule has 0 N–H and O–H groups in total. The zero-order valence-electron chi connectivity index (χ0n) is 11.9. The Balaban J connectivity index is 2.84. The molecule has 0 aliphatic rings. The predicted molar refractivity (Wildman–Crippen MR) is 77.3 cm³/mol. The smallest absolute Gasteiger partial charge is 0.330 e. The monoisotopic (exact) mass is 290 g/mol. The van der Waals surface area contributed by atoms with Crippen molar-refractivity contribution in [2.75, 3.05) is 0 Å². The fourth-order valence-corrected chi connectivity index (χ4v) is 1.60. The second-order valence-electron chi connectivity index (χ2n) is 4.18. The van der Waals surface area contributed by atoms with Crippen molar-refractivity contribution in [3.8, 4) is 0 Å². The number of rotatable bonds is 8. The van der Waals surface area contributed by atoms with Crippen molar-refractivity contribution in [2.45, 2.75) is 25.6 Å². The molecule has 1 heterocycles. The lowest BCUT2D eigenvalue weighted by atomic mass is 10.2. The van der Waals surface area contributed by atoms with Crippen LogP contribution in [0.15, 0.2) is 54.5 Å². The van der Waals surface area contributed by atoms with Crippen molar-refractivity contribution in [3.63, 3.8) is 0 Å². The molecule has 21 heavy (non-hydrogen) atoms. The van der Waals surface area contributed by atoms with Gasteiger partial charge >= 0.3 is 11.9 Å². The summed E-state index contributed by atoms with van der Waals surface area (Å²) in [5.74, 6) is -0.197. The van der Waals surface area contributed by atoms with Gasteiger partial charge in [-0.2, -0.15) is 0 Å². The van der Waals surface area contributed by atoms with Gasteiger partial charge in [-0.3, -0.25) is 0 Å². The topological polar surface area (TPSA) is 65.7 Å². The van der Waals surface area contributed by atoms with E-state index in [2.05, 4.69) is 19.7 Å². The van der Waals surface area contributed by atoms with Crippen LogP contribution in [-0.2, 0) is 19.1 Å². The minimum absolute atomic E-state index is 0.396. The van der Waals surface area contributed by atoms with E-state index in [1.807, 2.05) is 0 Å². The number of furan rings is 1. The maximum absolute atomic E-state index is 11.3. The molecule has 0 saturated carbocycles. The number of carbonyl (C=O) groups excluding carboxylic acids is 2. The summed E-state index contributed by atoms with van der Waals surface area (Å²) >= 11 is 0. The second kappa shape index (κ2) is 7.89. The minimum Gasteiger partial charge on any atom is -0.458 e. The average molecular weight is 290 g/mol. The zero-order chi connectivity index (χ0) is 15.8. The summed E-state index contributed by atoms with van der Waals surface area (Å²) in [5, 5.41) is 0. The largest absolute Gasteiger partial charge is 0.458 e. The Morgan fingerprint density at radius 2 is 1.71 bits per heavy atom. The summed E-state index contributed by atoms with van der Waals surface area (Å²) in [6.45, 7) is 12.0. The Hall–Kier alpha value is -2.56. The van der Waals surface area contributed by atoms with Crippen LogP contribution in [0.1, 0.15) is 37.1 Å². The lowest BCUT2D eigenvalue weighted by Crippen LogP contribution is -2.08. The van der Waals surface area contributed by atoms with Gasteiger partial charge in [0, 0.05) is 18.6 Å². The highest BCUT2D eigenvalue weighted by molar-refractivity contribution is 5.81. The first-order chi connectivity index (χ1) is 10.0. The Labute approximate surface area is 123 Å². The van der Waals surface area contributed by atoms with Gasteiger partial charge in [0.05, 0.1) is 0 Å². The van der Waals surface area contributed by atoms with Crippen LogP contribution >= 0.6 is 0 Å². The van der Waals surface area contributed by atoms with E-state index in [-0.39, 0.29) is 0 Å². The summed E-state index contributed by atoms with van der Waals surface area (Å²) in [6.07, 6.45) is 3.01. The first-order valence-corrected chi connectivity index (χ1v) is 6.38. The van der Waals surface area contributed by atoms with Crippen LogP contribution in [0, 0.1) is 0 Å². The third kappa shape index (κ3) is 4.80. The van der Waals surface area contributed by atoms with Crippen LogP contribution in [-0.4, -0.2) is 11.9 Å². The molecule has 1 aromatic heterocycles. The van der Waals surface area contributed by atoms with Crippen molar-refractivity contribution >= 4 is 11.9 Å². The molecule has 0 radical (unpaired) electrons. The SMILES string of the molecule is C=CCC(OC(=O)C=C)c1ccc(C(C)OC(=O)C=C)o1. The third-order valence-corrected chi connectivity index (χ3v) is 2.63. The van der Waals surface area contributed by atoms with Crippen LogP contribution in [0.25, 0.3) is 0 Å². The molecule has 5 nitrogen and oxygen atoms in total. The molecule has 0 bridgehead atoms. The molecule has 1 rings (SSSR count). The molecule has 0 amide bonds. The van der Waals surface area contributed by atoms with Crippen molar-refractivity contribution < 1.29 is 23.5 Å². The molecule has 112 valence electrons. The number of ether oxygens (including phenoxy) is 2. The van der Waals surface area contributed by atoms with Crippen LogP contribution in [0.4, 0.5) is 0 Å². The highest BCUT2D eigenvalue weighted by atomic mass is 16.6. The second-order valence-corrected chi connectivity index (χ2v) is 4.18. The van der Waals surface area contributed by atoms with Gasteiger partial charge in [-0.15, -0.1) is 6.58 Å². The molecule has 0 aliphatic heterocycles. The Bertz CT molecular complexity index is 541. The van der Waals surface area contributed by atoms with Gasteiger partial charge in [0.25, 0.3) is 0 Å². The normalized spacial score (nSPS) is 12.8. The fraction of sp³-hybridized carbons (Fsp3) is 0.250. The number of esters is 2. The van der Waals surface area contributed by atoms with Gasteiger partial charge in [-0.05, 0) is 19.1 Å². The van der Waals surface area contributed by atoms with Crippen LogP contribution in [0.3, 0.4) is 0 Å². The van der Waals surface area contributed by atoms with E-state index in [1.165, 1.54) is 0 Å². The molecule has 2 atom stereocenters.